The molecule has 0 saturated carbocycles. The van der Waals surface area contributed by atoms with Crippen molar-refractivity contribution in [1.82, 2.24) is 15.2 Å². The molecule has 2 rings (SSSR count). The van der Waals surface area contributed by atoms with E-state index in [0.717, 1.165) is 42.5 Å². The first-order valence-corrected chi connectivity index (χ1v) is 8.07. The summed E-state index contributed by atoms with van der Waals surface area (Å²) in [4.78, 5) is 4.75. The van der Waals surface area contributed by atoms with Crippen molar-refractivity contribution >= 4 is 15.9 Å². The van der Waals surface area contributed by atoms with Gasteiger partial charge in [-0.25, -0.2) is 4.39 Å². The van der Waals surface area contributed by atoms with Crippen LogP contribution in [0.1, 0.15) is 12.0 Å². The second kappa shape index (κ2) is 7.65. The number of nitrogens with two attached hydrogens (primary N) is 1. The molecule has 1 aromatic carbocycles. The molecule has 0 spiro atoms. The summed E-state index contributed by atoms with van der Waals surface area (Å²) >= 11 is 3.42. The summed E-state index contributed by atoms with van der Waals surface area (Å²) in [6.07, 6.45) is 1.76. The molecule has 1 fully saturated rings. The van der Waals surface area contributed by atoms with Crippen molar-refractivity contribution in [2.24, 2.45) is 5.84 Å². The fraction of sp³-hybridized carbons (Fsp3) is 0.600. The molecule has 0 bridgehead atoms. The van der Waals surface area contributed by atoms with E-state index in [1.165, 1.54) is 12.1 Å². The molecule has 1 aliphatic heterocycles. The topological polar surface area (TPSA) is 44.5 Å². The first-order chi connectivity index (χ1) is 9.99. The Hall–Kier alpha value is -0.530. The van der Waals surface area contributed by atoms with E-state index >= 15 is 0 Å². The Balaban J connectivity index is 1.99. The van der Waals surface area contributed by atoms with Crippen LogP contribution in [0.3, 0.4) is 0 Å². The van der Waals surface area contributed by atoms with Crippen LogP contribution < -0.4 is 11.3 Å². The Morgan fingerprint density at radius 1 is 1.43 bits per heavy atom. The van der Waals surface area contributed by atoms with Crippen LogP contribution in [0, 0.1) is 5.82 Å². The second-order valence-corrected chi connectivity index (χ2v) is 6.79. The molecule has 4 nitrogen and oxygen atoms in total. The normalized spacial score (nSPS) is 22.4. The lowest BCUT2D eigenvalue weighted by atomic mass is 9.98. The number of benzene rings is 1. The SMILES string of the molecule is CN1CCN(C)C(CC(Cc2ccc(F)cc2Br)NN)C1. The van der Waals surface area contributed by atoms with Crippen LogP contribution in [0.4, 0.5) is 4.39 Å². The summed E-state index contributed by atoms with van der Waals surface area (Å²) in [7, 11) is 4.32. The fourth-order valence-electron chi connectivity index (χ4n) is 2.85. The highest BCUT2D eigenvalue weighted by molar-refractivity contribution is 9.10. The quantitative estimate of drug-likeness (QED) is 0.619. The molecule has 118 valence electrons. The number of halogens is 2. The van der Waals surface area contributed by atoms with Crippen molar-refractivity contribution in [1.29, 1.82) is 0 Å². The van der Waals surface area contributed by atoms with Gasteiger partial charge < -0.3 is 9.80 Å². The largest absolute Gasteiger partial charge is 0.304 e. The zero-order chi connectivity index (χ0) is 15.4. The average Bonchev–Trinajstić information content (AvgIpc) is 2.44. The van der Waals surface area contributed by atoms with Crippen molar-refractivity contribution in [2.45, 2.75) is 24.9 Å². The number of hydrogen-bond acceptors (Lipinski definition) is 4. The van der Waals surface area contributed by atoms with Gasteiger partial charge in [-0.3, -0.25) is 11.3 Å². The number of hydrazine groups is 1. The van der Waals surface area contributed by atoms with Gasteiger partial charge in [0.05, 0.1) is 0 Å². The number of piperazine rings is 1. The lowest BCUT2D eigenvalue weighted by Crippen LogP contribution is -2.53. The maximum atomic E-state index is 13.2. The minimum absolute atomic E-state index is 0.172. The highest BCUT2D eigenvalue weighted by atomic mass is 79.9. The Bertz CT molecular complexity index is 471. The highest BCUT2D eigenvalue weighted by Crippen LogP contribution is 2.21. The van der Waals surface area contributed by atoms with Crippen molar-refractivity contribution < 1.29 is 4.39 Å². The molecule has 2 atom stereocenters. The molecule has 0 aliphatic carbocycles. The Morgan fingerprint density at radius 2 is 2.19 bits per heavy atom. The first kappa shape index (κ1) is 16.8. The Kier molecular flexibility index (Phi) is 6.13. The first-order valence-electron chi connectivity index (χ1n) is 7.28. The fourth-order valence-corrected chi connectivity index (χ4v) is 3.36. The molecule has 3 N–H and O–H groups in total. The maximum Gasteiger partial charge on any atom is 0.124 e. The van der Waals surface area contributed by atoms with E-state index in [2.05, 4.69) is 45.3 Å². The van der Waals surface area contributed by atoms with Gasteiger partial charge in [0.15, 0.2) is 0 Å². The molecular weight excluding hydrogens is 335 g/mol. The molecule has 0 amide bonds. The van der Waals surface area contributed by atoms with Gasteiger partial charge in [0, 0.05) is 36.2 Å². The van der Waals surface area contributed by atoms with Gasteiger partial charge in [-0.15, -0.1) is 0 Å². The number of likely N-dealkylation sites (N-methyl/N-ethyl adjacent to an activating group) is 2. The van der Waals surface area contributed by atoms with Gasteiger partial charge in [-0.1, -0.05) is 22.0 Å². The van der Waals surface area contributed by atoms with Gasteiger partial charge in [-0.05, 0) is 44.6 Å². The second-order valence-electron chi connectivity index (χ2n) is 5.94. The molecule has 1 aliphatic rings. The summed E-state index contributed by atoms with van der Waals surface area (Å²) in [6.45, 7) is 3.25. The third-order valence-corrected chi connectivity index (χ3v) is 4.99. The van der Waals surface area contributed by atoms with Crippen LogP contribution in [0.5, 0.6) is 0 Å². The maximum absolute atomic E-state index is 13.2. The third kappa shape index (κ3) is 4.72. The minimum atomic E-state index is -0.225. The number of hydrogen-bond donors (Lipinski definition) is 2. The highest BCUT2D eigenvalue weighted by Gasteiger charge is 2.25. The summed E-state index contributed by atoms with van der Waals surface area (Å²) in [5, 5.41) is 0. The van der Waals surface area contributed by atoms with E-state index in [1.54, 1.807) is 0 Å². The molecule has 1 aromatic rings. The van der Waals surface area contributed by atoms with Crippen LogP contribution in [-0.4, -0.2) is 55.6 Å². The summed E-state index contributed by atoms with van der Waals surface area (Å²) in [5.41, 5.74) is 3.99. The van der Waals surface area contributed by atoms with Crippen LogP contribution >= 0.6 is 15.9 Å². The molecular formula is C15H24BrFN4. The molecule has 1 heterocycles. The lowest BCUT2D eigenvalue weighted by Gasteiger charge is -2.39. The van der Waals surface area contributed by atoms with Gasteiger partial charge in [0.1, 0.15) is 5.82 Å². The molecule has 0 radical (unpaired) electrons. The van der Waals surface area contributed by atoms with E-state index in [9.17, 15) is 4.39 Å². The van der Waals surface area contributed by atoms with Crippen LogP contribution in [0.2, 0.25) is 0 Å². The number of nitrogens with one attached hydrogen (secondary N) is 1. The molecule has 1 saturated heterocycles. The zero-order valence-corrected chi connectivity index (χ0v) is 14.2. The molecule has 0 aromatic heterocycles. The van der Waals surface area contributed by atoms with Crippen LogP contribution in [0.15, 0.2) is 22.7 Å². The molecule has 6 heteroatoms. The van der Waals surface area contributed by atoms with E-state index < -0.39 is 0 Å². The van der Waals surface area contributed by atoms with Crippen LogP contribution in [-0.2, 0) is 6.42 Å². The van der Waals surface area contributed by atoms with Crippen LogP contribution in [0.25, 0.3) is 0 Å². The summed E-state index contributed by atoms with van der Waals surface area (Å²) in [6, 6.07) is 5.48. The molecule has 2 unspecified atom stereocenters. The van der Waals surface area contributed by atoms with E-state index in [1.807, 2.05) is 6.07 Å². The summed E-state index contributed by atoms with van der Waals surface area (Å²) in [5.74, 6) is 5.50. The lowest BCUT2D eigenvalue weighted by molar-refractivity contribution is 0.101. The third-order valence-electron chi connectivity index (χ3n) is 4.25. The standard InChI is InChI=1S/C15H24BrFN4/c1-20-5-6-21(2)14(10-20)9-13(19-18)7-11-3-4-12(17)8-15(11)16/h3-4,8,13-14,19H,5-7,9-10,18H2,1-2H3. The van der Waals surface area contributed by atoms with Gasteiger partial charge in [0.25, 0.3) is 0 Å². The van der Waals surface area contributed by atoms with Gasteiger partial charge in [-0.2, -0.15) is 0 Å². The zero-order valence-electron chi connectivity index (χ0n) is 12.6. The van der Waals surface area contributed by atoms with Crippen molar-refractivity contribution in [3.63, 3.8) is 0 Å². The Labute approximate surface area is 134 Å². The van der Waals surface area contributed by atoms with Crippen molar-refractivity contribution in [2.75, 3.05) is 33.7 Å². The monoisotopic (exact) mass is 358 g/mol. The van der Waals surface area contributed by atoms with E-state index in [0.29, 0.717) is 6.04 Å². The van der Waals surface area contributed by atoms with Gasteiger partial charge in [0.2, 0.25) is 0 Å². The molecule has 21 heavy (non-hydrogen) atoms. The predicted molar refractivity (Wildman–Crippen MR) is 87.4 cm³/mol. The summed E-state index contributed by atoms with van der Waals surface area (Å²) < 4.78 is 14.0. The van der Waals surface area contributed by atoms with Crippen molar-refractivity contribution in [3.05, 3.63) is 34.1 Å². The minimum Gasteiger partial charge on any atom is -0.304 e. The number of nitrogens with zero attached hydrogens (tertiary/aromatic N) is 2. The predicted octanol–water partition coefficient (Wildman–Crippen LogP) is 1.60. The van der Waals surface area contributed by atoms with E-state index in [-0.39, 0.29) is 11.9 Å². The Morgan fingerprint density at radius 3 is 2.86 bits per heavy atom. The smallest absolute Gasteiger partial charge is 0.124 e. The van der Waals surface area contributed by atoms with E-state index in [4.69, 9.17) is 5.84 Å². The van der Waals surface area contributed by atoms with Gasteiger partial charge >= 0.3 is 0 Å². The number of rotatable bonds is 5. The van der Waals surface area contributed by atoms with Crippen molar-refractivity contribution in [3.8, 4) is 0 Å². The average molecular weight is 359 g/mol.